The van der Waals surface area contributed by atoms with Crippen LogP contribution in [-0.2, 0) is 19.1 Å². The van der Waals surface area contributed by atoms with Crippen LogP contribution in [0.2, 0.25) is 0 Å². The number of carbonyl (C=O) groups excluding carboxylic acids is 2. The molecule has 29 heavy (non-hydrogen) atoms. The zero-order valence-electron chi connectivity index (χ0n) is 20.0. The molecule has 1 atom stereocenters. The predicted molar refractivity (Wildman–Crippen MR) is 119 cm³/mol. The molecule has 6 nitrogen and oxygen atoms in total. The van der Waals surface area contributed by atoms with Crippen molar-refractivity contribution in [2.75, 3.05) is 33.4 Å². The van der Waals surface area contributed by atoms with Crippen LogP contribution in [-0.4, -0.2) is 50.8 Å². The highest BCUT2D eigenvalue weighted by Crippen LogP contribution is 2.33. The summed E-state index contributed by atoms with van der Waals surface area (Å²) >= 11 is 0. The molecule has 0 aliphatic heterocycles. The van der Waals surface area contributed by atoms with Crippen molar-refractivity contribution < 1.29 is 19.1 Å². The van der Waals surface area contributed by atoms with Crippen molar-refractivity contribution in [1.82, 2.24) is 10.6 Å². The van der Waals surface area contributed by atoms with Crippen LogP contribution in [0.15, 0.2) is 0 Å². The molecule has 172 valence electrons. The zero-order valence-corrected chi connectivity index (χ0v) is 20.0. The molecule has 0 aromatic heterocycles. The van der Waals surface area contributed by atoms with E-state index in [0.29, 0.717) is 32.6 Å². The van der Waals surface area contributed by atoms with Gasteiger partial charge in [-0.15, -0.1) is 0 Å². The minimum Gasteiger partial charge on any atom is -0.354 e. The minimum absolute atomic E-state index is 0.0107. The molecule has 0 bridgehead atoms. The Morgan fingerprint density at radius 2 is 1.59 bits per heavy atom. The largest absolute Gasteiger partial charge is 0.354 e. The van der Waals surface area contributed by atoms with E-state index in [0.717, 1.165) is 32.2 Å². The predicted octanol–water partition coefficient (Wildman–Crippen LogP) is 4.07. The summed E-state index contributed by atoms with van der Waals surface area (Å²) in [5, 5.41) is 6.04. The number of hydrogen-bond acceptors (Lipinski definition) is 5. The standard InChI is InChI=1S/C21H40N2O4.C2H6/c1-17(20(3,4)16-18(2)24)15-19(25)23-12-14-27-21(26-13-11-22-5)9-7-6-8-10-21;1-2/h17,22H,6-16H2,1-5H3,(H,23,25);1-2H3. The molecule has 0 aromatic carbocycles. The minimum atomic E-state index is -0.489. The lowest BCUT2D eigenvalue weighted by molar-refractivity contribution is -0.250. The van der Waals surface area contributed by atoms with Crippen molar-refractivity contribution in [3.05, 3.63) is 0 Å². The first-order valence-electron chi connectivity index (χ1n) is 11.4. The molecular weight excluding hydrogens is 368 g/mol. The number of nitrogens with one attached hydrogen (secondary N) is 2. The topological polar surface area (TPSA) is 76.7 Å². The van der Waals surface area contributed by atoms with E-state index in [1.165, 1.54) is 6.42 Å². The molecule has 1 rings (SSSR count). The van der Waals surface area contributed by atoms with Crippen molar-refractivity contribution in [2.24, 2.45) is 11.3 Å². The number of hydrogen-bond donors (Lipinski definition) is 2. The quantitative estimate of drug-likeness (QED) is 0.351. The van der Waals surface area contributed by atoms with Crippen LogP contribution >= 0.6 is 0 Å². The smallest absolute Gasteiger partial charge is 0.220 e. The average molecular weight is 415 g/mol. The number of ether oxygens (including phenoxy) is 2. The van der Waals surface area contributed by atoms with Gasteiger partial charge in [0.1, 0.15) is 5.78 Å². The van der Waals surface area contributed by atoms with Gasteiger partial charge in [0.25, 0.3) is 0 Å². The average Bonchev–Trinajstić information content (AvgIpc) is 2.67. The Labute approximate surface area is 178 Å². The van der Waals surface area contributed by atoms with Crippen LogP contribution in [0.3, 0.4) is 0 Å². The first-order chi connectivity index (χ1) is 13.7. The summed E-state index contributed by atoms with van der Waals surface area (Å²) in [4.78, 5) is 23.6. The van der Waals surface area contributed by atoms with Gasteiger partial charge in [-0.05, 0) is 38.1 Å². The summed E-state index contributed by atoms with van der Waals surface area (Å²) in [7, 11) is 1.91. The third-order valence-electron chi connectivity index (χ3n) is 5.65. The van der Waals surface area contributed by atoms with Crippen molar-refractivity contribution >= 4 is 11.7 Å². The highest BCUT2D eigenvalue weighted by molar-refractivity contribution is 5.77. The highest BCUT2D eigenvalue weighted by atomic mass is 16.7. The summed E-state index contributed by atoms with van der Waals surface area (Å²) < 4.78 is 12.1. The molecule has 1 amide bonds. The van der Waals surface area contributed by atoms with E-state index in [-0.39, 0.29) is 23.0 Å². The second kappa shape index (κ2) is 14.9. The van der Waals surface area contributed by atoms with Gasteiger partial charge in [0, 0.05) is 38.8 Å². The van der Waals surface area contributed by atoms with Gasteiger partial charge < -0.3 is 24.9 Å². The molecule has 1 aliphatic rings. The highest BCUT2D eigenvalue weighted by Gasteiger charge is 2.34. The van der Waals surface area contributed by atoms with Crippen LogP contribution in [0.1, 0.15) is 86.5 Å². The summed E-state index contributed by atoms with van der Waals surface area (Å²) in [6.45, 7) is 14.1. The number of ketones is 1. The Bertz CT molecular complexity index is 460. The number of rotatable bonds is 13. The van der Waals surface area contributed by atoms with Gasteiger partial charge in [0.15, 0.2) is 5.79 Å². The van der Waals surface area contributed by atoms with Gasteiger partial charge in [-0.3, -0.25) is 4.79 Å². The molecule has 0 saturated heterocycles. The maximum atomic E-state index is 12.2. The number of likely N-dealkylation sites (N-methyl/N-ethyl adjacent to an activating group) is 1. The van der Waals surface area contributed by atoms with Crippen LogP contribution in [0.4, 0.5) is 0 Å². The summed E-state index contributed by atoms with van der Waals surface area (Å²) in [6, 6.07) is 0. The Morgan fingerprint density at radius 1 is 1.03 bits per heavy atom. The first-order valence-corrected chi connectivity index (χ1v) is 11.4. The Balaban J connectivity index is 0.00000379. The van der Waals surface area contributed by atoms with Crippen LogP contribution in [0, 0.1) is 11.3 Å². The maximum Gasteiger partial charge on any atom is 0.220 e. The number of carbonyl (C=O) groups is 2. The monoisotopic (exact) mass is 414 g/mol. The first kappa shape index (κ1) is 28.0. The number of Topliss-reactive ketones (excluding diaryl/α,β-unsaturated/α-hetero) is 1. The lowest BCUT2D eigenvalue weighted by Gasteiger charge is -2.37. The van der Waals surface area contributed by atoms with Gasteiger partial charge in [-0.25, -0.2) is 0 Å². The molecule has 1 saturated carbocycles. The van der Waals surface area contributed by atoms with Gasteiger partial charge in [0.2, 0.25) is 5.91 Å². The van der Waals surface area contributed by atoms with Crippen LogP contribution in [0.25, 0.3) is 0 Å². The molecule has 0 radical (unpaired) electrons. The van der Waals surface area contributed by atoms with E-state index in [1.807, 2.05) is 41.7 Å². The normalized spacial score (nSPS) is 17.1. The Hall–Kier alpha value is -0.980. The summed E-state index contributed by atoms with van der Waals surface area (Å²) in [5.41, 5.74) is -0.174. The van der Waals surface area contributed by atoms with Gasteiger partial charge >= 0.3 is 0 Å². The van der Waals surface area contributed by atoms with E-state index < -0.39 is 5.79 Å². The summed E-state index contributed by atoms with van der Waals surface area (Å²) in [5.74, 6) is -0.179. The van der Waals surface area contributed by atoms with Crippen molar-refractivity contribution in [1.29, 1.82) is 0 Å². The van der Waals surface area contributed by atoms with E-state index in [2.05, 4.69) is 10.6 Å². The van der Waals surface area contributed by atoms with Gasteiger partial charge in [-0.2, -0.15) is 0 Å². The molecule has 1 fully saturated rings. The van der Waals surface area contributed by atoms with E-state index in [4.69, 9.17) is 9.47 Å². The fourth-order valence-corrected chi connectivity index (χ4v) is 3.63. The van der Waals surface area contributed by atoms with Crippen molar-refractivity contribution in [3.8, 4) is 0 Å². The van der Waals surface area contributed by atoms with E-state index >= 15 is 0 Å². The fraction of sp³-hybridized carbons (Fsp3) is 0.913. The lowest BCUT2D eigenvalue weighted by Crippen LogP contribution is -2.42. The second-order valence-corrected chi connectivity index (χ2v) is 8.59. The molecule has 6 heteroatoms. The second-order valence-electron chi connectivity index (χ2n) is 8.59. The molecule has 1 aliphatic carbocycles. The van der Waals surface area contributed by atoms with Gasteiger partial charge in [0.05, 0.1) is 13.2 Å². The molecule has 0 aromatic rings. The lowest BCUT2D eigenvalue weighted by atomic mass is 9.74. The van der Waals surface area contributed by atoms with Crippen molar-refractivity contribution in [2.45, 2.75) is 92.3 Å². The van der Waals surface area contributed by atoms with Crippen LogP contribution in [0.5, 0.6) is 0 Å². The molecule has 0 spiro atoms. The Kier molecular flexibility index (Phi) is 14.4. The third kappa shape index (κ3) is 11.7. The fourth-order valence-electron chi connectivity index (χ4n) is 3.63. The summed E-state index contributed by atoms with van der Waals surface area (Å²) in [6.07, 6.45) is 6.22. The maximum absolute atomic E-state index is 12.2. The SMILES string of the molecule is CC.CNCCOC1(OCCNC(=O)CC(C)C(C)(C)CC(C)=O)CCCCC1. The molecular formula is C23H46N2O4. The van der Waals surface area contributed by atoms with Crippen LogP contribution < -0.4 is 10.6 Å². The molecule has 0 heterocycles. The van der Waals surface area contributed by atoms with E-state index in [9.17, 15) is 9.59 Å². The third-order valence-corrected chi connectivity index (χ3v) is 5.65. The Morgan fingerprint density at radius 3 is 2.10 bits per heavy atom. The van der Waals surface area contributed by atoms with Gasteiger partial charge in [-0.1, -0.05) is 41.0 Å². The number of amides is 1. The zero-order chi connectivity index (χ0) is 22.3. The molecule has 1 unspecified atom stereocenters. The van der Waals surface area contributed by atoms with E-state index in [1.54, 1.807) is 6.92 Å². The molecule has 2 N–H and O–H groups in total. The van der Waals surface area contributed by atoms with Crippen molar-refractivity contribution in [3.63, 3.8) is 0 Å².